The molecule has 2 aromatic carbocycles. The van der Waals surface area contributed by atoms with E-state index in [0.29, 0.717) is 88.6 Å². The molecule has 4 rings (SSSR count). The summed E-state index contributed by atoms with van der Waals surface area (Å²) in [4.78, 5) is 59.7. The first kappa shape index (κ1) is 37.4. The van der Waals surface area contributed by atoms with Crippen LogP contribution >= 0.6 is 0 Å². The predicted octanol–water partition coefficient (Wildman–Crippen LogP) is 3.63. The van der Waals surface area contributed by atoms with Crippen LogP contribution in [0.2, 0.25) is 0 Å². The highest BCUT2D eigenvalue weighted by atomic mass is 16.6. The highest BCUT2D eigenvalue weighted by Crippen LogP contribution is 2.40. The summed E-state index contributed by atoms with van der Waals surface area (Å²) in [5.74, 6) is -0.739. The lowest BCUT2D eigenvalue weighted by Crippen LogP contribution is -2.49. The second-order valence-electron chi connectivity index (χ2n) is 12.3. The number of nitrogens with two attached hydrogens (primary N) is 1. The minimum Gasteiger partial charge on any atom is -0.465 e. The predicted molar refractivity (Wildman–Crippen MR) is 186 cm³/mol. The molecule has 2 amide bonds. The monoisotopic (exact) mass is 676 g/mol. The summed E-state index contributed by atoms with van der Waals surface area (Å²) in [7, 11) is 1.67. The standard InChI is InChI=1S/C36H48N6O7/c1-4-30-33(39(3)25-43)32(27-12-14-29(15-13-27)42(46)47)34(31(38-30)24-48-23-18-37)41(26-44)20-9-19-40-21-16-36(17-22-40,35(45)49-5-2)28-10-7-6-8-11-28/h6-8,10-15,25-26,32-33H,4-5,9,16-24,37H2,1-3H3. The SMILES string of the molecule is CCOC(=O)C1(c2ccccc2)CCN(CCCN(C=O)C2=C(COCCN)N=C(CC)C(N(C)C=O)C2c2ccc([N+](=O)[O-])cc2)CC1. The van der Waals surface area contributed by atoms with Gasteiger partial charge in [-0.05, 0) is 63.4 Å². The van der Waals surface area contributed by atoms with Gasteiger partial charge in [-0.1, -0.05) is 49.4 Å². The number of aliphatic imine (C=N–C) groups is 1. The zero-order valence-corrected chi connectivity index (χ0v) is 28.7. The summed E-state index contributed by atoms with van der Waals surface area (Å²) in [6.07, 6.45) is 3.91. The van der Waals surface area contributed by atoms with Crippen LogP contribution in [0.4, 0.5) is 5.69 Å². The molecule has 2 unspecified atom stereocenters. The van der Waals surface area contributed by atoms with E-state index in [2.05, 4.69) is 4.90 Å². The van der Waals surface area contributed by atoms with Gasteiger partial charge in [-0.3, -0.25) is 29.5 Å². The average Bonchev–Trinajstić information content (AvgIpc) is 3.13. The molecule has 13 nitrogen and oxygen atoms in total. The summed E-state index contributed by atoms with van der Waals surface area (Å²) in [5.41, 5.74) is 8.48. The van der Waals surface area contributed by atoms with Crippen LogP contribution in [0.15, 0.2) is 71.0 Å². The molecule has 0 aromatic heterocycles. The third-order valence-corrected chi connectivity index (χ3v) is 9.47. The van der Waals surface area contributed by atoms with E-state index in [1.807, 2.05) is 44.2 Å². The van der Waals surface area contributed by atoms with E-state index in [1.165, 1.54) is 17.0 Å². The molecule has 0 bridgehead atoms. The maximum absolute atomic E-state index is 13.2. The number of nitro benzene ring substituents is 1. The molecular weight excluding hydrogens is 628 g/mol. The molecule has 1 saturated heterocycles. The molecule has 0 radical (unpaired) electrons. The molecule has 2 aliphatic rings. The van der Waals surface area contributed by atoms with Crippen molar-refractivity contribution in [3.63, 3.8) is 0 Å². The minimum absolute atomic E-state index is 0.0609. The van der Waals surface area contributed by atoms with Crippen LogP contribution in [0.3, 0.4) is 0 Å². The molecule has 264 valence electrons. The van der Waals surface area contributed by atoms with E-state index in [0.717, 1.165) is 24.1 Å². The van der Waals surface area contributed by atoms with Crippen molar-refractivity contribution in [2.45, 2.75) is 56.9 Å². The zero-order chi connectivity index (χ0) is 35.4. The quantitative estimate of drug-likeness (QED) is 0.0818. The van der Waals surface area contributed by atoms with E-state index >= 15 is 0 Å². The molecule has 2 N–H and O–H groups in total. The summed E-state index contributed by atoms with van der Waals surface area (Å²) >= 11 is 0. The van der Waals surface area contributed by atoms with Gasteiger partial charge in [0.05, 0.1) is 53.5 Å². The smallest absolute Gasteiger partial charge is 0.316 e. The molecule has 0 aliphatic carbocycles. The molecule has 2 aliphatic heterocycles. The Morgan fingerprint density at radius 3 is 2.37 bits per heavy atom. The van der Waals surface area contributed by atoms with Crippen LogP contribution in [-0.4, -0.2) is 110 Å². The van der Waals surface area contributed by atoms with Crippen molar-refractivity contribution in [3.8, 4) is 0 Å². The lowest BCUT2D eigenvalue weighted by molar-refractivity contribution is -0.384. The molecular formula is C36H48N6O7. The number of esters is 1. The fourth-order valence-corrected chi connectivity index (χ4v) is 6.98. The van der Waals surface area contributed by atoms with Crippen molar-refractivity contribution in [1.29, 1.82) is 0 Å². The summed E-state index contributed by atoms with van der Waals surface area (Å²) in [5, 5.41) is 11.5. The van der Waals surface area contributed by atoms with Gasteiger partial charge in [0, 0.05) is 38.0 Å². The third-order valence-electron chi connectivity index (χ3n) is 9.47. The van der Waals surface area contributed by atoms with Gasteiger partial charge in [-0.15, -0.1) is 0 Å². The van der Waals surface area contributed by atoms with Crippen LogP contribution in [0.5, 0.6) is 0 Å². The van der Waals surface area contributed by atoms with Gasteiger partial charge in [-0.2, -0.15) is 0 Å². The summed E-state index contributed by atoms with van der Waals surface area (Å²) in [6.45, 7) is 7.22. The van der Waals surface area contributed by atoms with Gasteiger partial charge in [-0.25, -0.2) is 0 Å². The van der Waals surface area contributed by atoms with Crippen LogP contribution in [0.25, 0.3) is 0 Å². The number of carbonyl (C=O) groups excluding carboxylic acids is 3. The number of rotatable bonds is 18. The number of nitrogens with zero attached hydrogens (tertiary/aromatic N) is 5. The fraction of sp³-hybridized carbons (Fsp3) is 0.500. The van der Waals surface area contributed by atoms with Crippen molar-refractivity contribution in [1.82, 2.24) is 14.7 Å². The number of ether oxygens (including phenoxy) is 2. The van der Waals surface area contributed by atoms with Gasteiger partial charge in [0.1, 0.15) is 0 Å². The van der Waals surface area contributed by atoms with E-state index < -0.39 is 22.3 Å². The molecule has 0 spiro atoms. The Morgan fingerprint density at radius 1 is 1.10 bits per heavy atom. The Morgan fingerprint density at radius 2 is 1.80 bits per heavy atom. The number of hydrogen-bond donors (Lipinski definition) is 1. The number of carbonyl (C=O) groups is 3. The lowest BCUT2D eigenvalue weighted by Gasteiger charge is -2.42. The average molecular weight is 677 g/mol. The van der Waals surface area contributed by atoms with E-state index in [9.17, 15) is 24.5 Å². The Hall–Kier alpha value is -4.46. The van der Waals surface area contributed by atoms with E-state index in [1.54, 1.807) is 24.1 Å². The highest BCUT2D eigenvalue weighted by molar-refractivity contribution is 5.94. The van der Waals surface area contributed by atoms with Crippen LogP contribution < -0.4 is 5.73 Å². The third kappa shape index (κ3) is 8.59. The maximum Gasteiger partial charge on any atom is 0.316 e. The molecule has 13 heteroatoms. The van der Waals surface area contributed by atoms with Gasteiger partial charge in [0.2, 0.25) is 12.8 Å². The Bertz CT molecular complexity index is 1490. The summed E-state index contributed by atoms with van der Waals surface area (Å²) in [6, 6.07) is 15.5. The number of amides is 2. The number of benzene rings is 2. The molecule has 1 fully saturated rings. The van der Waals surface area contributed by atoms with Crippen molar-refractivity contribution >= 4 is 30.2 Å². The van der Waals surface area contributed by atoms with Crippen molar-refractivity contribution in [3.05, 3.63) is 87.2 Å². The first-order valence-corrected chi connectivity index (χ1v) is 16.9. The van der Waals surface area contributed by atoms with Gasteiger partial charge < -0.3 is 29.9 Å². The second-order valence-corrected chi connectivity index (χ2v) is 12.3. The number of nitro groups is 1. The maximum atomic E-state index is 13.2. The number of hydrogen-bond acceptors (Lipinski definition) is 10. The Balaban J connectivity index is 1.60. The molecule has 2 atom stereocenters. The summed E-state index contributed by atoms with van der Waals surface area (Å²) < 4.78 is 11.4. The van der Waals surface area contributed by atoms with E-state index in [-0.39, 0.29) is 18.3 Å². The molecule has 2 aromatic rings. The van der Waals surface area contributed by atoms with Crippen molar-refractivity contribution in [2.24, 2.45) is 10.7 Å². The fourth-order valence-electron chi connectivity index (χ4n) is 6.98. The van der Waals surface area contributed by atoms with Crippen LogP contribution in [0.1, 0.15) is 56.6 Å². The first-order chi connectivity index (χ1) is 23.7. The van der Waals surface area contributed by atoms with Crippen molar-refractivity contribution in [2.75, 3.05) is 59.6 Å². The Kier molecular flexibility index (Phi) is 13.6. The number of piperidine rings is 1. The zero-order valence-electron chi connectivity index (χ0n) is 28.7. The van der Waals surface area contributed by atoms with Crippen LogP contribution in [0, 0.1) is 10.1 Å². The molecule has 49 heavy (non-hydrogen) atoms. The molecule has 2 heterocycles. The van der Waals surface area contributed by atoms with E-state index in [4.69, 9.17) is 20.2 Å². The number of likely N-dealkylation sites (N-methyl/N-ethyl adjacent to an activating group) is 1. The number of likely N-dealkylation sites (tertiary alicyclic amines) is 1. The second kappa shape index (κ2) is 17.8. The number of non-ortho nitro benzene ring substituents is 1. The largest absolute Gasteiger partial charge is 0.465 e. The minimum atomic E-state index is -0.694. The Labute approximate surface area is 287 Å². The first-order valence-electron chi connectivity index (χ1n) is 16.9. The topological polar surface area (TPSA) is 161 Å². The van der Waals surface area contributed by atoms with Gasteiger partial charge >= 0.3 is 5.97 Å². The van der Waals surface area contributed by atoms with Crippen LogP contribution in [-0.2, 0) is 29.3 Å². The molecule has 0 saturated carbocycles. The van der Waals surface area contributed by atoms with Crippen molar-refractivity contribution < 1.29 is 28.8 Å². The highest BCUT2D eigenvalue weighted by Gasteiger charge is 2.44. The normalized spacial score (nSPS) is 19.1. The van der Waals surface area contributed by atoms with Gasteiger partial charge in [0.25, 0.3) is 5.69 Å². The van der Waals surface area contributed by atoms with Gasteiger partial charge in [0.15, 0.2) is 0 Å². The lowest BCUT2D eigenvalue weighted by atomic mass is 9.72.